The van der Waals surface area contributed by atoms with Gasteiger partial charge < -0.3 is 9.84 Å². The van der Waals surface area contributed by atoms with Gasteiger partial charge in [-0.1, -0.05) is 0 Å². The van der Waals surface area contributed by atoms with E-state index in [9.17, 15) is 9.59 Å². The molecule has 0 unspecified atom stereocenters. The second-order valence-corrected chi connectivity index (χ2v) is 3.58. The first-order chi connectivity index (χ1) is 8.61. The number of hydrogen-bond acceptors (Lipinski definition) is 4. The van der Waals surface area contributed by atoms with Gasteiger partial charge in [-0.2, -0.15) is 0 Å². The summed E-state index contributed by atoms with van der Waals surface area (Å²) in [6, 6.07) is 7.19. The van der Waals surface area contributed by atoms with Crippen LogP contribution < -0.4 is 5.56 Å². The Morgan fingerprint density at radius 1 is 1.39 bits per heavy atom. The van der Waals surface area contributed by atoms with Crippen molar-refractivity contribution in [3.05, 3.63) is 46.4 Å². The maximum absolute atomic E-state index is 11.7. The number of phenols is 1. The molecule has 0 aliphatic rings. The van der Waals surface area contributed by atoms with E-state index in [0.29, 0.717) is 5.69 Å². The van der Waals surface area contributed by atoms with Gasteiger partial charge in [0, 0.05) is 6.07 Å². The summed E-state index contributed by atoms with van der Waals surface area (Å²) >= 11 is 0. The van der Waals surface area contributed by atoms with E-state index >= 15 is 0 Å². The summed E-state index contributed by atoms with van der Waals surface area (Å²) in [5.74, 6) is -0.476. The number of aromatic hydroxyl groups is 1. The number of aromatic nitrogens is 2. The van der Waals surface area contributed by atoms with Crippen molar-refractivity contribution in [1.82, 2.24) is 9.78 Å². The summed E-state index contributed by atoms with van der Waals surface area (Å²) < 4.78 is 5.99. The van der Waals surface area contributed by atoms with Crippen molar-refractivity contribution in [2.45, 2.75) is 6.92 Å². The van der Waals surface area contributed by atoms with Crippen LogP contribution in [0, 0.1) is 0 Å². The lowest BCUT2D eigenvalue weighted by Gasteiger charge is -2.02. The summed E-state index contributed by atoms with van der Waals surface area (Å²) in [5.41, 5.74) is 0.243. The third kappa shape index (κ3) is 2.27. The Kier molecular flexibility index (Phi) is 3.18. The molecule has 1 heterocycles. The molecular formula is C12H12N2O4. The highest BCUT2D eigenvalue weighted by atomic mass is 16.5. The standard InChI is InChI=1S/C12H12N2O4/c1-2-18-12(17)10-7-11(16)14(13-10)8-3-5-9(15)6-4-8/h3-7,13,15H,2H2,1H3. The molecule has 0 amide bonds. The van der Waals surface area contributed by atoms with Gasteiger partial charge in [0.1, 0.15) is 11.4 Å². The van der Waals surface area contributed by atoms with Gasteiger partial charge >= 0.3 is 5.97 Å². The van der Waals surface area contributed by atoms with E-state index in [1.807, 2.05) is 0 Å². The first kappa shape index (κ1) is 12.0. The molecule has 94 valence electrons. The number of carbonyl (C=O) groups is 1. The van der Waals surface area contributed by atoms with E-state index in [4.69, 9.17) is 9.84 Å². The highest BCUT2D eigenvalue weighted by Gasteiger charge is 2.12. The maximum Gasteiger partial charge on any atom is 0.356 e. The fourth-order valence-electron chi connectivity index (χ4n) is 1.50. The minimum absolute atomic E-state index is 0.0925. The molecule has 1 aromatic heterocycles. The molecule has 2 N–H and O–H groups in total. The van der Waals surface area contributed by atoms with Gasteiger partial charge in [-0.05, 0) is 31.2 Å². The zero-order valence-corrected chi connectivity index (χ0v) is 9.71. The lowest BCUT2D eigenvalue weighted by Crippen LogP contribution is -2.13. The van der Waals surface area contributed by atoms with E-state index in [-0.39, 0.29) is 23.6 Å². The normalized spacial score (nSPS) is 10.3. The minimum Gasteiger partial charge on any atom is -0.508 e. The number of nitrogens with one attached hydrogen (secondary N) is 1. The van der Waals surface area contributed by atoms with Gasteiger partial charge in [-0.25, -0.2) is 9.48 Å². The summed E-state index contributed by atoms with van der Waals surface area (Å²) in [6.07, 6.45) is 0. The number of phenolic OH excluding ortho intramolecular Hbond substituents is 1. The maximum atomic E-state index is 11.7. The first-order valence-corrected chi connectivity index (χ1v) is 5.40. The molecular weight excluding hydrogens is 236 g/mol. The fraction of sp³-hybridized carbons (Fsp3) is 0.167. The van der Waals surface area contributed by atoms with Gasteiger partial charge in [0.05, 0.1) is 12.3 Å². The van der Waals surface area contributed by atoms with Gasteiger partial charge in [-0.15, -0.1) is 0 Å². The lowest BCUT2D eigenvalue weighted by atomic mass is 10.3. The Labute approximate surface area is 102 Å². The van der Waals surface area contributed by atoms with E-state index in [1.165, 1.54) is 22.9 Å². The Hall–Kier alpha value is -2.50. The van der Waals surface area contributed by atoms with Gasteiger partial charge in [0.15, 0.2) is 0 Å². The highest BCUT2D eigenvalue weighted by molar-refractivity contribution is 5.87. The Morgan fingerprint density at radius 2 is 2.06 bits per heavy atom. The number of rotatable bonds is 3. The summed E-state index contributed by atoms with van der Waals surface area (Å²) in [4.78, 5) is 23.1. The number of esters is 1. The van der Waals surface area contributed by atoms with Crippen molar-refractivity contribution in [2.75, 3.05) is 6.61 Å². The van der Waals surface area contributed by atoms with Crippen LogP contribution in [0.15, 0.2) is 35.1 Å². The van der Waals surface area contributed by atoms with E-state index in [2.05, 4.69) is 5.10 Å². The number of ether oxygens (including phenoxy) is 1. The predicted octanol–water partition coefficient (Wildman–Crippen LogP) is 1.05. The number of carbonyl (C=O) groups excluding carboxylic acids is 1. The van der Waals surface area contributed by atoms with Gasteiger partial charge in [0.25, 0.3) is 5.56 Å². The average molecular weight is 248 g/mol. The molecule has 0 radical (unpaired) electrons. The number of aromatic amines is 1. The van der Waals surface area contributed by atoms with Crippen LogP contribution in [0.2, 0.25) is 0 Å². The molecule has 0 saturated heterocycles. The molecule has 0 fully saturated rings. The second kappa shape index (κ2) is 4.79. The number of benzene rings is 1. The number of hydrogen-bond donors (Lipinski definition) is 2. The predicted molar refractivity (Wildman–Crippen MR) is 64.0 cm³/mol. The third-order valence-electron chi connectivity index (χ3n) is 2.32. The molecule has 18 heavy (non-hydrogen) atoms. The van der Waals surface area contributed by atoms with Crippen LogP contribution in [0.1, 0.15) is 17.4 Å². The van der Waals surface area contributed by atoms with Gasteiger partial charge in [-0.3, -0.25) is 9.89 Å². The van der Waals surface area contributed by atoms with E-state index in [1.54, 1.807) is 19.1 Å². The summed E-state index contributed by atoms with van der Waals surface area (Å²) in [5, 5.41) is 11.8. The fourth-order valence-corrected chi connectivity index (χ4v) is 1.50. The molecule has 0 aliphatic carbocycles. The monoisotopic (exact) mass is 248 g/mol. The van der Waals surface area contributed by atoms with Crippen LogP contribution in [0.5, 0.6) is 5.75 Å². The second-order valence-electron chi connectivity index (χ2n) is 3.58. The van der Waals surface area contributed by atoms with Crippen molar-refractivity contribution in [2.24, 2.45) is 0 Å². The molecule has 2 rings (SSSR count). The van der Waals surface area contributed by atoms with Crippen LogP contribution in [-0.4, -0.2) is 27.5 Å². The zero-order chi connectivity index (χ0) is 13.1. The smallest absolute Gasteiger partial charge is 0.356 e. The van der Waals surface area contributed by atoms with Gasteiger partial charge in [0.2, 0.25) is 0 Å². The minimum atomic E-state index is -0.577. The van der Waals surface area contributed by atoms with Crippen LogP contribution in [0.4, 0.5) is 0 Å². The van der Waals surface area contributed by atoms with Crippen LogP contribution >= 0.6 is 0 Å². The van der Waals surface area contributed by atoms with Crippen molar-refractivity contribution < 1.29 is 14.6 Å². The quantitative estimate of drug-likeness (QED) is 0.795. The molecule has 6 heteroatoms. The molecule has 0 bridgehead atoms. The zero-order valence-electron chi connectivity index (χ0n) is 9.71. The molecule has 6 nitrogen and oxygen atoms in total. The summed E-state index contributed by atoms with van der Waals surface area (Å²) in [7, 11) is 0. The topological polar surface area (TPSA) is 84.3 Å². The highest BCUT2D eigenvalue weighted by Crippen LogP contribution is 2.11. The van der Waals surface area contributed by atoms with Crippen molar-refractivity contribution in [3.8, 4) is 11.4 Å². The van der Waals surface area contributed by atoms with E-state index < -0.39 is 5.97 Å². The molecule has 0 spiro atoms. The lowest BCUT2D eigenvalue weighted by molar-refractivity contribution is 0.0519. The molecule has 1 aromatic carbocycles. The first-order valence-electron chi connectivity index (χ1n) is 5.40. The van der Waals surface area contributed by atoms with Crippen LogP contribution in [0.3, 0.4) is 0 Å². The molecule has 0 aliphatic heterocycles. The summed E-state index contributed by atoms with van der Waals surface area (Å²) in [6.45, 7) is 1.93. The largest absolute Gasteiger partial charge is 0.508 e. The molecule has 0 atom stereocenters. The Bertz CT molecular complexity index is 610. The van der Waals surface area contributed by atoms with Crippen molar-refractivity contribution >= 4 is 5.97 Å². The Morgan fingerprint density at radius 3 is 2.67 bits per heavy atom. The molecule has 2 aromatic rings. The van der Waals surface area contributed by atoms with Crippen LogP contribution in [0.25, 0.3) is 5.69 Å². The van der Waals surface area contributed by atoms with E-state index in [0.717, 1.165) is 0 Å². The van der Waals surface area contributed by atoms with Crippen molar-refractivity contribution in [3.63, 3.8) is 0 Å². The number of nitrogens with zero attached hydrogens (tertiary/aromatic N) is 1. The number of H-pyrrole nitrogens is 1. The van der Waals surface area contributed by atoms with Crippen LogP contribution in [-0.2, 0) is 4.74 Å². The SMILES string of the molecule is CCOC(=O)c1cc(=O)n(-c2ccc(O)cc2)[nH]1. The Balaban J connectivity index is 2.38. The van der Waals surface area contributed by atoms with Crippen molar-refractivity contribution in [1.29, 1.82) is 0 Å². The average Bonchev–Trinajstić information content (AvgIpc) is 2.73. The molecule has 0 saturated carbocycles. The third-order valence-corrected chi connectivity index (χ3v) is 2.32.